The molecule has 1 fully saturated rings. The van der Waals surface area contributed by atoms with Gasteiger partial charge in [0, 0.05) is 5.92 Å². The van der Waals surface area contributed by atoms with Crippen LogP contribution in [0.15, 0.2) is 0 Å². The number of thioether (sulfide) groups is 1. The zero-order valence-corrected chi connectivity index (χ0v) is 9.38. The molecule has 0 unspecified atom stereocenters. The van der Waals surface area contributed by atoms with Gasteiger partial charge in [0.25, 0.3) is 0 Å². The third-order valence-corrected chi connectivity index (χ3v) is 3.41. The summed E-state index contributed by atoms with van der Waals surface area (Å²) in [5.41, 5.74) is 0. The van der Waals surface area contributed by atoms with Gasteiger partial charge in [0.15, 0.2) is 0 Å². The van der Waals surface area contributed by atoms with Gasteiger partial charge in [-0.25, -0.2) is 0 Å². The van der Waals surface area contributed by atoms with Crippen molar-refractivity contribution in [1.29, 1.82) is 0 Å². The average molecular weight is 218 g/mol. The quantitative estimate of drug-likeness (QED) is 0.677. The summed E-state index contributed by atoms with van der Waals surface area (Å²) in [6.45, 7) is 2.48. The Bertz CT molecular complexity index is 200. The first kappa shape index (κ1) is 11.0. The summed E-state index contributed by atoms with van der Waals surface area (Å²) in [6, 6.07) is 0. The third kappa shape index (κ3) is 3.65. The maximum atomic E-state index is 11.4. The fraction of sp³-hybridized carbons (Fsp3) is 0.778. The molecule has 1 aliphatic rings. The molecule has 0 heterocycles. The van der Waals surface area contributed by atoms with E-state index in [4.69, 9.17) is 17.0 Å². The van der Waals surface area contributed by atoms with E-state index < -0.39 is 0 Å². The Hall–Kier alpha value is -0.0900. The van der Waals surface area contributed by atoms with Crippen LogP contribution in [-0.4, -0.2) is 22.5 Å². The number of carbonyl (C=O) groups excluding carboxylic acids is 1. The van der Waals surface area contributed by atoms with E-state index in [0.717, 1.165) is 12.8 Å². The lowest BCUT2D eigenvalue weighted by molar-refractivity contribution is -0.122. The number of rotatable bonds is 4. The summed E-state index contributed by atoms with van der Waals surface area (Å²) >= 11 is 6.25. The standard InChI is InChI=1S/C9H14O2S2/c1-2-11-9(12)13-6-8(10)7-4-3-5-7/h7H,2-6H2,1H3. The predicted molar refractivity (Wildman–Crippen MR) is 59.0 cm³/mol. The molecule has 0 aromatic carbocycles. The Balaban J connectivity index is 2.10. The first-order valence-corrected chi connectivity index (χ1v) is 5.95. The lowest BCUT2D eigenvalue weighted by atomic mass is 9.83. The maximum Gasteiger partial charge on any atom is 0.220 e. The Morgan fingerprint density at radius 3 is 2.77 bits per heavy atom. The van der Waals surface area contributed by atoms with E-state index in [-0.39, 0.29) is 0 Å². The number of ether oxygens (including phenoxy) is 1. The fourth-order valence-corrected chi connectivity index (χ4v) is 2.13. The zero-order valence-electron chi connectivity index (χ0n) is 7.75. The summed E-state index contributed by atoms with van der Waals surface area (Å²) in [5, 5.41) is 0. The van der Waals surface area contributed by atoms with Gasteiger partial charge in [0.2, 0.25) is 4.38 Å². The van der Waals surface area contributed by atoms with Crippen LogP contribution < -0.4 is 0 Å². The molecule has 2 nitrogen and oxygen atoms in total. The largest absolute Gasteiger partial charge is 0.479 e. The number of thiocarbonyl (C=S) groups is 1. The Morgan fingerprint density at radius 2 is 2.31 bits per heavy atom. The number of hydrogen-bond acceptors (Lipinski definition) is 4. The van der Waals surface area contributed by atoms with E-state index in [0.29, 0.717) is 28.4 Å². The Labute approximate surface area is 88.4 Å². The van der Waals surface area contributed by atoms with Gasteiger partial charge in [0.1, 0.15) is 5.78 Å². The molecule has 1 saturated carbocycles. The van der Waals surface area contributed by atoms with Crippen LogP contribution in [0.2, 0.25) is 0 Å². The SMILES string of the molecule is CCOC(=S)SCC(=O)C1CCC1. The van der Waals surface area contributed by atoms with Gasteiger partial charge in [-0.2, -0.15) is 0 Å². The molecule has 0 radical (unpaired) electrons. The van der Waals surface area contributed by atoms with E-state index >= 15 is 0 Å². The van der Waals surface area contributed by atoms with E-state index in [1.54, 1.807) is 0 Å². The van der Waals surface area contributed by atoms with E-state index in [9.17, 15) is 4.79 Å². The van der Waals surface area contributed by atoms with E-state index in [2.05, 4.69) is 0 Å². The molecule has 0 atom stereocenters. The molecular weight excluding hydrogens is 204 g/mol. The lowest BCUT2D eigenvalue weighted by Gasteiger charge is -2.23. The fourth-order valence-electron chi connectivity index (χ4n) is 1.14. The van der Waals surface area contributed by atoms with Crippen LogP contribution in [0.4, 0.5) is 0 Å². The van der Waals surface area contributed by atoms with Crippen LogP contribution in [-0.2, 0) is 9.53 Å². The molecule has 74 valence electrons. The summed E-state index contributed by atoms with van der Waals surface area (Å²) in [4.78, 5) is 11.4. The monoisotopic (exact) mass is 218 g/mol. The van der Waals surface area contributed by atoms with Crippen LogP contribution in [0.1, 0.15) is 26.2 Å². The highest BCUT2D eigenvalue weighted by Gasteiger charge is 2.24. The molecule has 0 saturated heterocycles. The van der Waals surface area contributed by atoms with Crippen molar-refractivity contribution in [1.82, 2.24) is 0 Å². The minimum absolute atomic E-state index is 0.317. The molecule has 0 aliphatic heterocycles. The molecule has 1 aliphatic carbocycles. The molecule has 0 aromatic heterocycles. The van der Waals surface area contributed by atoms with Gasteiger partial charge in [-0.1, -0.05) is 18.2 Å². The molecule has 0 spiro atoms. The molecule has 0 bridgehead atoms. The highest BCUT2D eigenvalue weighted by molar-refractivity contribution is 8.23. The Kier molecular flexibility index (Phi) is 4.73. The predicted octanol–water partition coefficient (Wildman–Crippen LogP) is 2.41. The highest BCUT2D eigenvalue weighted by atomic mass is 32.2. The van der Waals surface area contributed by atoms with Crippen molar-refractivity contribution in [2.24, 2.45) is 5.92 Å². The Morgan fingerprint density at radius 1 is 1.62 bits per heavy atom. The van der Waals surface area contributed by atoms with Crippen molar-refractivity contribution in [2.75, 3.05) is 12.4 Å². The van der Waals surface area contributed by atoms with Gasteiger partial charge in [-0.05, 0) is 32.0 Å². The average Bonchev–Trinajstić information content (AvgIpc) is 1.98. The van der Waals surface area contributed by atoms with Crippen LogP contribution in [0, 0.1) is 5.92 Å². The first-order chi connectivity index (χ1) is 6.24. The number of carbonyl (C=O) groups is 1. The summed E-state index contributed by atoms with van der Waals surface area (Å²) < 4.78 is 5.56. The molecule has 0 N–H and O–H groups in total. The second kappa shape index (κ2) is 5.60. The highest BCUT2D eigenvalue weighted by Crippen LogP contribution is 2.28. The van der Waals surface area contributed by atoms with Crippen molar-refractivity contribution in [2.45, 2.75) is 26.2 Å². The number of Topliss-reactive ketones (excluding diaryl/α,β-unsaturated/α-hetero) is 1. The first-order valence-electron chi connectivity index (χ1n) is 4.56. The summed E-state index contributed by atoms with van der Waals surface area (Å²) in [6.07, 6.45) is 3.35. The van der Waals surface area contributed by atoms with Crippen LogP contribution >= 0.6 is 24.0 Å². The van der Waals surface area contributed by atoms with Crippen LogP contribution in [0.25, 0.3) is 0 Å². The van der Waals surface area contributed by atoms with Crippen molar-refractivity contribution < 1.29 is 9.53 Å². The van der Waals surface area contributed by atoms with Crippen molar-refractivity contribution in [3.05, 3.63) is 0 Å². The van der Waals surface area contributed by atoms with Gasteiger partial charge < -0.3 is 4.74 Å². The van der Waals surface area contributed by atoms with Crippen LogP contribution in [0.3, 0.4) is 0 Å². The maximum absolute atomic E-state index is 11.4. The smallest absolute Gasteiger partial charge is 0.220 e. The normalized spacial score (nSPS) is 16.4. The van der Waals surface area contributed by atoms with Crippen molar-refractivity contribution >= 4 is 34.1 Å². The van der Waals surface area contributed by atoms with Crippen molar-refractivity contribution in [3.63, 3.8) is 0 Å². The minimum atomic E-state index is 0.317. The minimum Gasteiger partial charge on any atom is -0.479 e. The summed E-state index contributed by atoms with van der Waals surface area (Å²) in [5.74, 6) is 1.14. The molecule has 13 heavy (non-hydrogen) atoms. The molecule has 1 rings (SSSR count). The lowest BCUT2D eigenvalue weighted by Crippen LogP contribution is -2.24. The third-order valence-electron chi connectivity index (χ3n) is 2.15. The summed E-state index contributed by atoms with van der Waals surface area (Å²) in [7, 11) is 0. The van der Waals surface area contributed by atoms with Crippen LogP contribution in [0.5, 0.6) is 0 Å². The molecule has 0 amide bonds. The van der Waals surface area contributed by atoms with Gasteiger partial charge >= 0.3 is 0 Å². The van der Waals surface area contributed by atoms with E-state index in [1.165, 1.54) is 18.2 Å². The molecule has 0 aromatic rings. The van der Waals surface area contributed by atoms with E-state index in [1.807, 2.05) is 6.92 Å². The number of ketones is 1. The number of hydrogen-bond donors (Lipinski definition) is 0. The van der Waals surface area contributed by atoms with Gasteiger partial charge in [0.05, 0.1) is 12.4 Å². The zero-order chi connectivity index (χ0) is 9.68. The second-order valence-electron chi connectivity index (χ2n) is 3.07. The van der Waals surface area contributed by atoms with Gasteiger partial charge in [-0.15, -0.1) is 0 Å². The molecule has 4 heteroatoms. The topological polar surface area (TPSA) is 26.3 Å². The second-order valence-corrected chi connectivity index (χ2v) is 4.64. The van der Waals surface area contributed by atoms with Gasteiger partial charge in [-0.3, -0.25) is 4.79 Å². The van der Waals surface area contributed by atoms with Crippen molar-refractivity contribution in [3.8, 4) is 0 Å². The molecular formula is C9H14O2S2.